The Balaban J connectivity index is 2.13. The van der Waals surface area contributed by atoms with Gasteiger partial charge in [-0.15, -0.1) is 0 Å². The molecule has 2 rings (SSSR count). The van der Waals surface area contributed by atoms with E-state index < -0.39 is 5.97 Å². The highest BCUT2D eigenvalue weighted by Crippen LogP contribution is 2.20. The van der Waals surface area contributed by atoms with Crippen LogP contribution < -0.4 is 5.32 Å². The number of hydrogen-bond donors (Lipinski definition) is 2. The van der Waals surface area contributed by atoms with E-state index in [9.17, 15) is 9.18 Å². The van der Waals surface area contributed by atoms with Crippen LogP contribution in [0.5, 0.6) is 0 Å². The number of rotatable bonds is 4. The van der Waals surface area contributed by atoms with Crippen LogP contribution in [0.1, 0.15) is 15.9 Å². The monoisotopic (exact) mass is 323 g/mol. The molecule has 0 aliphatic heterocycles. The van der Waals surface area contributed by atoms with Gasteiger partial charge in [-0.1, -0.05) is 28.1 Å². The number of anilines is 1. The fourth-order valence-electron chi connectivity index (χ4n) is 1.67. The molecule has 19 heavy (non-hydrogen) atoms. The summed E-state index contributed by atoms with van der Waals surface area (Å²) in [7, 11) is 0. The molecule has 0 saturated carbocycles. The lowest BCUT2D eigenvalue weighted by molar-refractivity contribution is 0.0697. The minimum absolute atomic E-state index is 0.191. The van der Waals surface area contributed by atoms with Gasteiger partial charge in [-0.05, 0) is 35.9 Å². The van der Waals surface area contributed by atoms with Gasteiger partial charge in [0.1, 0.15) is 5.82 Å². The van der Waals surface area contributed by atoms with Crippen molar-refractivity contribution in [3.63, 3.8) is 0 Å². The second-order valence-electron chi connectivity index (χ2n) is 4.02. The SMILES string of the molecule is O=C(O)c1cc(Br)cc(NCc2cccc(F)c2)c1. The van der Waals surface area contributed by atoms with Crippen molar-refractivity contribution >= 4 is 27.6 Å². The first-order chi connectivity index (χ1) is 9.04. The van der Waals surface area contributed by atoms with E-state index in [0.717, 1.165) is 5.56 Å². The molecule has 0 saturated heterocycles. The van der Waals surface area contributed by atoms with Gasteiger partial charge in [-0.3, -0.25) is 0 Å². The molecule has 0 unspecified atom stereocenters. The molecule has 0 amide bonds. The van der Waals surface area contributed by atoms with E-state index in [1.54, 1.807) is 18.2 Å². The standard InChI is InChI=1S/C14H11BrFNO2/c15-11-5-10(14(18)19)6-13(7-11)17-8-9-2-1-3-12(16)4-9/h1-7,17H,8H2,(H,18,19). The third kappa shape index (κ3) is 3.79. The fraction of sp³-hybridized carbons (Fsp3) is 0.0714. The number of carboxylic acids is 1. The molecule has 2 aromatic rings. The van der Waals surface area contributed by atoms with Gasteiger partial charge in [0.25, 0.3) is 0 Å². The van der Waals surface area contributed by atoms with Gasteiger partial charge in [0.15, 0.2) is 0 Å². The Labute approximate surface area is 118 Å². The first-order valence-corrected chi connectivity index (χ1v) is 6.36. The van der Waals surface area contributed by atoms with Crippen molar-refractivity contribution in [2.24, 2.45) is 0 Å². The number of hydrogen-bond acceptors (Lipinski definition) is 2. The highest BCUT2D eigenvalue weighted by Gasteiger charge is 2.06. The Kier molecular flexibility index (Phi) is 4.16. The quantitative estimate of drug-likeness (QED) is 0.897. The van der Waals surface area contributed by atoms with Crippen molar-refractivity contribution in [2.45, 2.75) is 6.54 Å². The van der Waals surface area contributed by atoms with E-state index >= 15 is 0 Å². The summed E-state index contributed by atoms with van der Waals surface area (Å²) in [6.45, 7) is 0.424. The van der Waals surface area contributed by atoms with Gasteiger partial charge in [0.05, 0.1) is 5.56 Å². The van der Waals surface area contributed by atoms with Gasteiger partial charge in [-0.25, -0.2) is 9.18 Å². The third-order valence-corrected chi connectivity index (χ3v) is 2.99. The summed E-state index contributed by atoms with van der Waals surface area (Å²) in [5.41, 5.74) is 1.64. The second kappa shape index (κ2) is 5.84. The van der Waals surface area contributed by atoms with Gasteiger partial charge in [-0.2, -0.15) is 0 Å². The summed E-state index contributed by atoms with van der Waals surface area (Å²) < 4.78 is 13.7. The highest BCUT2D eigenvalue weighted by atomic mass is 79.9. The Bertz CT molecular complexity index is 616. The first kappa shape index (κ1) is 13.5. The van der Waals surface area contributed by atoms with Crippen molar-refractivity contribution in [3.05, 3.63) is 63.9 Å². The number of benzene rings is 2. The van der Waals surface area contributed by atoms with Gasteiger partial charge in [0, 0.05) is 16.7 Å². The highest BCUT2D eigenvalue weighted by molar-refractivity contribution is 9.10. The summed E-state index contributed by atoms with van der Waals surface area (Å²) in [6.07, 6.45) is 0. The number of carboxylic acid groups (broad SMARTS) is 1. The Hall–Kier alpha value is -1.88. The minimum Gasteiger partial charge on any atom is -0.478 e. The minimum atomic E-state index is -0.991. The molecule has 3 nitrogen and oxygen atoms in total. The second-order valence-corrected chi connectivity index (χ2v) is 4.93. The molecule has 0 aromatic heterocycles. The van der Waals surface area contributed by atoms with Crippen LogP contribution in [0.3, 0.4) is 0 Å². The van der Waals surface area contributed by atoms with E-state index in [1.807, 2.05) is 0 Å². The van der Waals surface area contributed by atoms with E-state index in [2.05, 4.69) is 21.2 Å². The molecule has 0 atom stereocenters. The Morgan fingerprint density at radius 2 is 2.05 bits per heavy atom. The largest absolute Gasteiger partial charge is 0.478 e. The third-order valence-electron chi connectivity index (χ3n) is 2.53. The molecule has 0 heterocycles. The normalized spacial score (nSPS) is 10.2. The fourth-order valence-corrected chi connectivity index (χ4v) is 2.16. The van der Waals surface area contributed by atoms with Crippen LogP contribution in [0.25, 0.3) is 0 Å². The maximum absolute atomic E-state index is 13.0. The summed E-state index contributed by atoms with van der Waals surface area (Å²) in [6, 6.07) is 11.1. The maximum Gasteiger partial charge on any atom is 0.335 e. The van der Waals surface area contributed by atoms with Crippen LogP contribution in [0.4, 0.5) is 10.1 Å². The molecule has 0 aliphatic rings. The smallest absolute Gasteiger partial charge is 0.335 e. The average Bonchev–Trinajstić information content (AvgIpc) is 2.36. The van der Waals surface area contributed by atoms with Crippen LogP contribution in [-0.4, -0.2) is 11.1 Å². The molecule has 2 N–H and O–H groups in total. The lowest BCUT2D eigenvalue weighted by atomic mass is 10.2. The summed E-state index contributed by atoms with van der Waals surface area (Å²) in [5.74, 6) is -1.28. The van der Waals surface area contributed by atoms with Crippen molar-refractivity contribution in [2.75, 3.05) is 5.32 Å². The predicted octanol–water partition coefficient (Wildman–Crippen LogP) is 3.90. The molecule has 0 radical (unpaired) electrons. The molecule has 0 bridgehead atoms. The van der Waals surface area contributed by atoms with Crippen LogP contribution in [0, 0.1) is 5.82 Å². The van der Waals surface area contributed by atoms with Crippen LogP contribution in [-0.2, 0) is 6.54 Å². The summed E-state index contributed by atoms with van der Waals surface area (Å²) >= 11 is 3.26. The Morgan fingerprint density at radius 3 is 2.74 bits per heavy atom. The van der Waals surface area contributed by atoms with E-state index in [-0.39, 0.29) is 11.4 Å². The first-order valence-electron chi connectivity index (χ1n) is 5.57. The Morgan fingerprint density at radius 1 is 1.26 bits per heavy atom. The van der Waals surface area contributed by atoms with Crippen molar-refractivity contribution in [1.29, 1.82) is 0 Å². The predicted molar refractivity (Wildman–Crippen MR) is 74.8 cm³/mol. The number of halogens is 2. The van der Waals surface area contributed by atoms with Crippen molar-refractivity contribution in [1.82, 2.24) is 0 Å². The van der Waals surface area contributed by atoms with E-state index in [1.165, 1.54) is 24.3 Å². The van der Waals surface area contributed by atoms with Crippen LogP contribution in [0.15, 0.2) is 46.9 Å². The summed E-state index contributed by atoms with van der Waals surface area (Å²) in [5, 5.41) is 12.0. The van der Waals surface area contributed by atoms with Crippen LogP contribution in [0.2, 0.25) is 0 Å². The molecular formula is C14H11BrFNO2. The lowest BCUT2D eigenvalue weighted by Gasteiger charge is -2.08. The zero-order chi connectivity index (χ0) is 13.8. The van der Waals surface area contributed by atoms with Gasteiger partial charge < -0.3 is 10.4 Å². The molecule has 0 spiro atoms. The summed E-state index contributed by atoms with van der Waals surface area (Å²) in [4.78, 5) is 10.9. The number of aromatic carboxylic acids is 1. The van der Waals surface area contributed by atoms with Crippen molar-refractivity contribution < 1.29 is 14.3 Å². The zero-order valence-electron chi connectivity index (χ0n) is 9.86. The van der Waals surface area contributed by atoms with Crippen molar-refractivity contribution in [3.8, 4) is 0 Å². The number of carbonyl (C=O) groups is 1. The van der Waals surface area contributed by atoms with E-state index in [4.69, 9.17) is 5.11 Å². The molecular weight excluding hydrogens is 313 g/mol. The topological polar surface area (TPSA) is 49.3 Å². The average molecular weight is 324 g/mol. The number of nitrogens with one attached hydrogen (secondary N) is 1. The molecule has 5 heteroatoms. The molecule has 0 fully saturated rings. The molecule has 0 aliphatic carbocycles. The van der Waals surface area contributed by atoms with Gasteiger partial charge in [0.2, 0.25) is 0 Å². The molecule has 2 aromatic carbocycles. The molecule has 98 valence electrons. The van der Waals surface area contributed by atoms with E-state index in [0.29, 0.717) is 16.7 Å². The zero-order valence-corrected chi connectivity index (χ0v) is 11.4. The van der Waals surface area contributed by atoms with Crippen LogP contribution >= 0.6 is 15.9 Å². The maximum atomic E-state index is 13.0. The lowest BCUT2D eigenvalue weighted by Crippen LogP contribution is -2.02. The van der Waals surface area contributed by atoms with Gasteiger partial charge >= 0.3 is 5.97 Å².